The van der Waals surface area contributed by atoms with E-state index in [1.54, 1.807) is 0 Å². The molecule has 0 aliphatic carbocycles. The van der Waals surface area contributed by atoms with E-state index in [4.69, 9.17) is 14.2 Å². The number of hydrogen-bond acceptors (Lipinski definition) is 4. The maximum absolute atomic E-state index is 5.70. The Balaban J connectivity index is 2.11. The number of ether oxygens (including phenoxy) is 3. The Bertz CT molecular complexity index is 371. The lowest BCUT2D eigenvalue weighted by atomic mass is 10.3. The van der Waals surface area contributed by atoms with E-state index in [1.165, 1.54) is 12.8 Å². The van der Waals surface area contributed by atoms with Crippen LogP contribution in [0.25, 0.3) is 0 Å². The van der Waals surface area contributed by atoms with Crippen LogP contribution in [0.2, 0.25) is 0 Å². The van der Waals surface area contributed by atoms with Gasteiger partial charge < -0.3 is 19.1 Å². The van der Waals surface area contributed by atoms with Gasteiger partial charge in [-0.3, -0.25) is 0 Å². The number of benzene rings is 1. The average molecular weight is 295 g/mol. The van der Waals surface area contributed by atoms with E-state index in [0.717, 1.165) is 31.2 Å². The van der Waals surface area contributed by atoms with E-state index in [9.17, 15) is 0 Å². The van der Waals surface area contributed by atoms with Gasteiger partial charge in [-0.05, 0) is 39.1 Å². The summed E-state index contributed by atoms with van der Waals surface area (Å²) >= 11 is 0. The highest BCUT2D eigenvalue weighted by molar-refractivity contribution is 5.39. The molecule has 0 aliphatic heterocycles. The molecule has 1 aromatic rings. The second kappa shape index (κ2) is 11.4. The van der Waals surface area contributed by atoms with Crippen LogP contribution in [0.1, 0.15) is 26.7 Å². The van der Waals surface area contributed by atoms with Crippen LogP contribution >= 0.6 is 0 Å². The topological polar surface area (TPSA) is 30.9 Å². The largest absolute Gasteiger partial charge is 0.490 e. The van der Waals surface area contributed by atoms with Crippen LogP contribution in [-0.2, 0) is 4.74 Å². The summed E-state index contributed by atoms with van der Waals surface area (Å²) in [6, 6.07) is 7.73. The molecule has 0 unspecified atom stereocenters. The lowest BCUT2D eigenvalue weighted by molar-refractivity contribution is 0.0837. The van der Waals surface area contributed by atoms with Crippen molar-refractivity contribution in [2.24, 2.45) is 0 Å². The van der Waals surface area contributed by atoms with E-state index < -0.39 is 0 Å². The minimum absolute atomic E-state index is 0.544. The predicted molar refractivity (Wildman–Crippen MR) is 86.3 cm³/mol. The SMILES string of the molecule is CCCCN(C)CCOCCOc1ccccc1OCC. The molecule has 0 spiro atoms. The molecule has 0 N–H and O–H groups in total. The van der Waals surface area contributed by atoms with Crippen molar-refractivity contribution in [3.63, 3.8) is 0 Å². The van der Waals surface area contributed by atoms with Gasteiger partial charge in [0.15, 0.2) is 11.5 Å². The van der Waals surface area contributed by atoms with E-state index in [0.29, 0.717) is 19.8 Å². The van der Waals surface area contributed by atoms with Crippen LogP contribution in [0.3, 0.4) is 0 Å². The van der Waals surface area contributed by atoms with Crippen LogP contribution in [-0.4, -0.2) is 51.5 Å². The molecule has 0 fully saturated rings. The number of unbranched alkanes of at least 4 members (excludes halogenated alkanes) is 1. The molecule has 0 saturated heterocycles. The monoisotopic (exact) mass is 295 g/mol. The van der Waals surface area contributed by atoms with Gasteiger partial charge in [-0.15, -0.1) is 0 Å². The summed E-state index contributed by atoms with van der Waals surface area (Å²) in [7, 11) is 2.13. The summed E-state index contributed by atoms with van der Waals surface area (Å²) in [5.74, 6) is 1.57. The third-order valence-corrected chi connectivity index (χ3v) is 3.14. The molecule has 0 atom stereocenters. The van der Waals surface area contributed by atoms with Crippen LogP contribution in [0.4, 0.5) is 0 Å². The second-order valence-electron chi connectivity index (χ2n) is 5.00. The van der Waals surface area contributed by atoms with Gasteiger partial charge >= 0.3 is 0 Å². The van der Waals surface area contributed by atoms with Crippen molar-refractivity contribution in [1.29, 1.82) is 0 Å². The zero-order chi connectivity index (χ0) is 15.3. The van der Waals surface area contributed by atoms with E-state index in [-0.39, 0.29) is 0 Å². The Kier molecular flexibility index (Phi) is 9.66. The van der Waals surface area contributed by atoms with Crippen LogP contribution < -0.4 is 9.47 Å². The summed E-state index contributed by atoms with van der Waals surface area (Å²) < 4.78 is 16.8. The van der Waals surface area contributed by atoms with E-state index >= 15 is 0 Å². The zero-order valence-electron chi connectivity index (χ0n) is 13.6. The summed E-state index contributed by atoms with van der Waals surface area (Å²) in [6.07, 6.45) is 2.48. The van der Waals surface area contributed by atoms with Gasteiger partial charge in [-0.1, -0.05) is 25.5 Å². The molecule has 0 bridgehead atoms. The first-order chi connectivity index (χ1) is 10.3. The van der Waals surface area contributed by atoms with Crippen molar-refractivity contribution in [3.8, 4) is 11.5 Å². The van der Waals surface area contributed by atoms with Crippen molar-refractivity contribution in [1.82, 2.24) is 4.90 Å². The van der Waals surface area contributed by atoms with Gasteiger partial charge in [0.05, 0.1) is 19.8 Å². The van der Waals surface area contributed by atoms with Crippen molar-refractivity contribution in [2.45, 2.75) is 26.7 Å². The molecule has 0 radical (unpaired) electrons. The summed E-state index contributed by atoms with van der Waals surface area (Å²) in [5.41, 5.74) is 0. The van der Waals surface area contributed by atoms with Crippen molar-refractivity contribution in [3.05, 3.63) is 24.3 Å². The van der Waals surface area contributed by atoms with Crippen LogP contribution in [0.15, 0.2) is 24.3 Å². The lowest BCUT2D eigenvalue weighted by Gasteiger charge is -2.16. The molecular weight excluding hydrogens is 266 g/mol. The highest BCUT2D eigenvalue weighted by Gasteiger charge is 2.03. The first-order valence-corrected chi connectivity index (χ1v) is 7.88. The minimum Gasteiger partial charge on any atom is -0.490 e. The van der Waals surface area contributed by atoms with Crippen LogP contribution in [0.5, 0.6) is 11.5 Å². The second-order valence-corrected chi connectivity index (χ2v) is 5.00. The summed E-state index contributed by atoms with van der Waals surface area (Å²) in [4.78, 5) is 2.30. The Hall–Kier alpha value is -1.26. The third kappa shape index (κ3) is 7.93. The maximum Gasteiger partial charge on any atom is 0.161 e. The Labute approximate surface area is 129 Å². The lowest BCUT2D eigenvalue weighted by Crippen LogP contribution is -2.25. The van der Waals surface area contributed by atoms with E-state index in [2.05, 4.69) is 18.9 Å². The van der Waals surface area contributed by atoms with Gasteiger partial charge in [-0.25, -0.2) is 0 Å². The van der Waals surface area contributed by atoms with Gasteiger partial charge in [-0.2, -0.15) is 0 Å². The molecule has 4 nitrogen and oxygen atoms in total. The fourth-order valence-corrected chi connectivity index (χ4v) is 1.92. The number of likely N-dealkylation sites (N-methyl/N-ethyl adjacent to an activating group) is 1. The molecule has 1 aromatic carbocycles. The molecule has 120 valence electrons. The first kappa shape index (κ1) is 17.8. The molecule has 0 amide bonds. The fourth-order valence-electron chi connectivity index (χ4n) is 1.92. The quantitative estimate of drug-likeness (QED) is 0.554. The highest BCUT2D eigenvalue weighted by Crippen LogP contribution is 2.26. The van der Waals surface area contributed by atoms with Crippen molar-refractivity contribution < 1.29 is 14.2 Å². The Morgan fingerprint density at radius 2 is 1.62 bits per heavy atom. The number of nitrogens with zero attached hydrogens (tertiary/aromatic N) is 1. The molecule has 4 heteroatoms. The number of rotatable bonds is 12. The fraction of sp³-hybridized carbons (Fsp3) is 0.647. The molecule has 1 rings (SSSR count). The van der Waals surface area contributed by atoms with Gasteiger partial charge in [0.2, 0.25) is 0 Å². The molecule has 21 heavy (non-hydrogen) atoms. The summed E-state index contributed by atoms with van der Waals surface area (Å²) in [6.45, 7) is 8.81. The molecular formula is C17H29NO3. The van der Waals surface area contributed by atoms with Crippen molar-refractivity contribution >= 4 is 0 Å². The number of para-hydroxylation sites is 2. The Morgan fingerprint density at radius 3 is 2.29 bits per heavy atom. The first-order valence-electron chi connectivity index (χ1n) is 7.88. The molecule has 0 heterocycles. The van der Waals surface area contributed by atoms with Crippen LogP contribution in [0, 0.1) is 0 Å². The third-order valence-electron chi connectivity index (χ3n) is 3.14. The normalized spacial score (nSPS) is 10.9. The summed E-state index contributed by atoms with van der Waals surface area (Å²) in [5, 5.41) is 0. The molecule has 0 saturated carbocycles. The Morgan fingerprint density at radius 1 is 0.905 bits per heavy atom. The maximum atomic E-state index is 5.70. The average Bonchev–Trinajstić information content (AvgIpc) is 2.50. The standard InChI is InChI=1S/C17H29NO3/c1-4-6-11-18(3)12-13-19-14-15-21-17-10-8-7-9-16(17)20-5-2/h7-10H,4-6,11-15H2,1-3H3. The molecule has 0 aromatic heterocycles. The van der Waals surface area contributed by atoms with E-state index in [1.807, 2.05) is 31.2 Å². The zero-order valence-corrected chi connectivity index (χ0v) is 13.6. The van der Waals surface area contributed by atoms with Gasteiger partial charge in [0.1, 0.15) is 6.61 Å². The minimum atomic E-state index is 0.544. The van der Waals surface area contributed by atoms with Crippen molar-refractivity contribution in [2.75, 3.05) is 46.6 Å². The number of hydrogen-bond donors (Lipinski definition) is 0. The van der Waals surface area contributed by atoms with Gasteiger partial charge in [0, 0.05) is 6.54 Å². The predicted octanol–water partition coefficient (Wildman–Crippen LogP) is 3.21. The molecule has 0 aliphatic rings. The highest BCUT2D eigenvalue weighted by atomic mass is 16.5. The smallest absolute Gasteiger partial charge is 0.161 e. The van der Waals surface area contributed by atoms with Gasteiger partial charge in [0.25, 0.3) is 0 Å².